The van der Waals surface area contributed by atoms with Gasteiger partial charge in [-0.05, 0) is 49.7 Å². The second kappa shape index (κ2) is 7.88. The number of benzene rings is 2. The van der Waals surface area contributed by atoms with Gasteiger partial charge in [0.15, 0.2) is 0 Å². The van der Waals surface area contributed by atoms with Crippen LogP contribution < -0.4 is 0 Å². The van der Waals surface area contributed by atoms with Gasteiger partial charge < -0.3 is 9.47 Å². The van der Waals surface area contributed by atoms with Crippen molar-refractivity contribution in [1.82, 2.24) is 9.47 Å². The number of nitrogens with zero attached hydrogens (tertiary/aromatic N) is 3. The van der Waals surface area contributed by atoms with E-state index in [1.54, 1.807) is 12.1 Å². The standard InChI is InChI=1S/C22H20FN3O/c1-16-14-21(17(2)26(16)20-10-8-19(23)9-11-20)22(27)25(13-12-24)15-18-6-4-3-5-7-18/h3-11,14H,13,15H2,1-2H3. The highest BCUT2D eigenvalue weighted by atomic mass is 19.1. The number of carbonyl (C=O) groups is 1. The molecule has 1 aromatic heterocycles. The topological polar surface area (TPSA) is 49.0 Å². The lowest BCUT2D eigenvalue weighted by Crippen LogP contribution is -2.31. The predicted molar refractivity (Wildman–Crippen MR) is 102 cm³/mol. The Morgan fingerprint density at radius 2 is 1.78 bits per heavy atom. The zero-order valence-corrected chi connectivity index (χ0v) is 15.3. The summed E-state index contributed by atoms with van der Waals surface area (Å²) in [4.78, 5) is 14.6. The fraction of sp³-hybridized carbons (Fsp3) is 0.182. The number of halogens is 1. The summed E-state index contributed by atoms with van der Waals surface area (Å²) >= 11 is 0. The molecule has 3 aromatic rings. The Morgan fingerprint density at radius 3 is 2.41 bits per heavy atom. The Kier molecular flexibility index (Phi) is 5.37. The molecule has 0 spiro atoms. The van der Waals surface area contributed by atoms with Crippen LogP contribution in [0.1, 0.15) is 27.3 Å². The van der Waals surface area contributed by atoms with Crippen LogP contribution in [0.25, 0.3) is 5.69 Å². The lowest BCUT2D eigenvalue weighted by atomic mass is 10.1. The summed E-state index contributed by atoms with van der Waals surface area (Å²) in [6, 6.07) is 19.6. The number of nitriles is 1. The molecule has 0 unspecified atom stereocenters. The molecule has 0 N–H and O–H groups in total. The van der Waals surface area contributed by atoms with Crippen molar-refractivity contribution in [1.29, 1.82) is 5.26 Å². The summed E-state index contributed by atoms with van der Waals surface area (Å²) in [5.41, 5.74) is 3.94. The van der Waals surface area contributed by atoms with Crippen molar-refractivity contribution in [2.75, 3.05) is 6.54 Å². The van der Waals surface area contributed by atoms with Crippen LogP contribution in [0, 0.1) is 31.0 Å². The summed E-state index contributed by atoms with van der Waals surface area (Å²) in [5, 5.41) is 9.16. The maximum absolute atomic E-state index is 13.2. The fourth-order valence-corrected chi connectivity index (χ4v) is 3.23. The molecule has 1 heterocycles. The van der Waals surface area contributed by atoms with Gasteiger partial charge in [0.2, 0.25) is 0 Å². The maximum atomic E-state index is 13.2. The van der Waals surface area contributed by atoms with E-state index in [2.05, 4.69) is 6.07 Å². The van der Waals surface area contributed by atoms with Crippen LogP contribution in [0.3, 0.4) is 0 Å². The van der Waals surface area contributed by atoms with Crippen LogP contribution in [0.5, 0.6) is 0 Å². The van der Waals surface area contributed by atoms with Gasteiger partial charge >= 0.3 is 0 Å². The molecule has 0 saturated carbocycles. The molecule has 0 fully saturated rings. The van der Waals surface area contributed by atoms with Crippen molar-refractivity contribution >= 4 is 5.91 Å². The van der Waals surface area contributed by atoms with Gasteiger partial charge in [0, 0.05) is 23.6 Å². The largest absolute Gasteiger partial charge is 0.321 e. The smallest absolute Gasteiger partial charge is 0.256 e. The number of aromatic nitrogens is 1. The van der Waals surface area contributed by atoms with Gasteiger partial charge in [-0.1, -0.05) is 30.3 Å². The molecule has 27 heavy (non-hydrogen) atoms. The lowest BCUT2D eigenvalue weighted by molar-refractivity contribution is 0.0764. The van der Waals surface area contributed by atoms with Crippen molar-refractivity contribution in [3.63, 3.8) is 0 Å². The van der Waals surface area contributed by atoms with E-state index in [1.165, 1.54) is 17.0 Å². The minimum atomic E-state index is -0.305. The molecule has 0 aliphatic heterocycles. The number of rotatable bonds is 5. The summed E-state index contributed by atoms with van der Waals surface area (Å²) in [6.45, 7) is 4.14. The first-order valence-corrected chi connectivity index (χ1v) is 8.66. The Labute approximate surface area is 158 Å². The Bertz CT molecular complexity index is 985. The van der Waals surface area contributed by atoms with E-state index >= 15 is 0 Å². The molecule has 1 amide bonds. The quantitative estimate of drug-likeness (QED) is 0.633. The average Bonchev–Trinajstić information content (AvgIpc) is 2.97. The molecular weight excluding hydrogens is 341 g/mol. The van der Waals surface area contributed by atoms with Crippen molar-refractivity contribution in [3.8, 4) is 11.8 Å². The van der Waals surface area contributed by atoms with E-state index < -0.39 is 0 Å². The molecule has 2 aromatic carbocycles. The summed E-state index contributed by atoms with van der Waals surface area (Å²) < 4.78 is 15.2. The molecule has 3 rings (SSSR count). The maximum Gasteiger partial charge on any atom is 0.256 e. The van der Waals surface area contributed by atoms with Crippen LogP contribution >= 0.6 is 0 Å². The molecule has 0 aliphatic carbocycles. The molecule has 136 valence electrons. The SMILES string of the molecule is Cc1cc(C(=O)N(CC#N)Cc2ccccc2)c(C)n1-c1ccc(F)cc1. The second-order valence-corrected chi connectivity index (χ2v) is 6.40. The lowest BCUT2D eigenvalue weighted by Gasteiger charge is -2.20. The minimum absolute atomic E-state index is 0.00788. The Hall–Kier alpha value is -3.39. The van der Waals surface area contributed by atoms with Crippen molar-refractivity contribution < 1.29 is 9.18 Å². The molecule has 0 bridgehead atoms. The van der Waals surface area contributed by atoms with Gasteiger partial charge in [-0.25, -0.2) is 4.39 Å². The molecule has 0 atom stereocenters. The van der Waals surface area contributed by atoms with Crippen LogP contribution in [-0.2, 0) is 6.54 Å². The fourth-order valence-electron chi connectivity index (χ4n) is 3.23. The van der Waals surface area contributed by atoms with E-state index in [9.17, 15) is 9.18 Å². The zero-order chi connectivity index (χ0) is 19.4. The van der Waals surface area contributed by atoms with E-state index in [-0.39, 0.29) is 18.3 Å². The Morgan fingerprint density at radius 1 is 1.11 bits per heavy atom. The highest BCUT2D eigenvalue weighted by Gasteiger charge is 2.22. The molecule has 0 saturated heterocycles. The van der Waals surface area contributed by atoms with Crippen LogP contribution in [-0.4, -0.2) is 21.9 Å². The van der Waals surface area contributed by atoms with E-state index in [0.717, 1.165) is 22.6 Å². The van der Waals surface area contributed by atoms with Crippen LogP contribution in [0.15, 0.2) is 60.7 Å². The van der Waals surface area contributed by atoms with Crippen LogP contribution in [0.4, 0.5) is 4.39 Å². The predicted octanol–water partition coefficient (Wildman–Crippen LogP) is 4.40. The Balaban J connectivity index is 1.94. The van der Waals surface area contributed by atoms with Gasteiger partial charge in [-0.15, -0.1) is 0 Å². The molecular formula is C22H20FN3O. The highest BCUT2D eigenvalue weighted by molar-refractivity contribution is 5.96. The van der Waals surface area contributed by atoms with Gasteiger partial charge in [-0.3, -0.25) is 4.79 Å². The number of amides is 1. The number of aryl methyl sites for hydroxylation is 1. The monoisotopic (exact) mass is 361 g/mol. The third-order valence-electron chi connectivity index (χ3n) is 4.51. The number of carbonyl (C=O) groups excluding carboxylic acids is 1. The average molecular weight is 361 g/mol. The van der Waals surface area contributed by atoms with Gasteiger partial charge in [-0.2, -0.15) is 5.26 Å². The van der Waals surface area contributed by atoms with E-state index in [1.807, 2.05) is 54.8 Å². The molecule has 0 radical (unpaired) electrons. The highest BCUT2D eigenvalue weighted by Crippen LogP contribution is 2.23. The first kappa shape index (κ1) is 18.4. The van der Waals surface area contributed by atoms with Gasteiger partial charge in [0.25, 0.3) is 5.91 Å². The third-order valence-corrected chi connectivity index (χ3v) is 4.51. The summed E-state index contributed by atoms with van der Waals surface area (Å²) in [7, 11) is 0. The number of hydrogen-bond donors (Lipinski definition) is 0. The van der Waals surface area contributed by atoms with Crippen molar-refractivity contribution in [2.24, 2.45) is 0 Å². The van der Waals surface area contributed by atoms with Crippen molar-refractivity contribution in [2.45, 2.75) is 20.4 Å². The minimum Gasteiger partial charge on any atom is -0.321 e. The van der Waals surface area contributed by atoms with Crippen LogP contribution in [0.2, 0.25) is 0 Å². The molecule has 4 nitrogen and oxygen atoms in total. The van der Waals surface area contributed by atoms with E-state index in [4.69, 9.17) is 5.26 Å². The second-order valence-electron chi connectivity index (χ2n) is 6.40. The zero-order valence-electron chi connectivity index (χ0n) is 15.3. The first-order valence-electron chi connectivity index (χ1n) is 8.66. The van der Waals surface area contributed by atoms with Crippen molar-refractivity contribution in [3.05, 3.63) is 89.0 Å². The normalized spacial score (nSPS) is 10.4. The summed E-state index contributed by atoms with van der Waals surface area (Å²) in [5.74, 6) is -0.498. The first-order chi connectivity index (χ1) is 13.0. The number of hydrogen-bond acceptors (Lipinski definition) is 2. The third kappa shape index (κ3) is 3.90. The van der Waals surface area contributed by atoms with E-state index in [0.29, 0.717) is 12.1 Å². The van der Waals surface area contributed by atoms with Gasteiger partial charge in [0.1, 0.15) is 12.4 Å². The molecule has 0 aliphatic rings. The molecule has 5 heteroatoms. The van der Waals surface area contributed by atoms with Gasteiger partial charge in [0.05, 0.1) is 11.6 Å². The summed E-state index contributed by atoms with van der Waals surface area (Å²) in [6.07, 6.45) is 0.